The highest BCUT2D eigenvalue weighted by molar-refractivity contribution is 5.91. The lowest BCUT2D eigenvalue weighted by Crippen LogP contribution is -2.28. The normalized spacial score (nSPS) is 12.8. The van der Waals surface area contributed by atoms with E-state index in [2.05, 4.69) is 22.3 Å². The van der Waals surface area contributed by atoms with E-state index in [9.17, 15) is 9.59 Å². The molecule has 0 radical (unpaired) electrons. The zero-order chi connectivity index (χ0) is 22.2. The first kappa shape index (κ1) is 20.2. The van der Waals surface area contributed by atoms with Crippen molar-refractivity contribution >= 4 is 17.4 Å². The summed E-state index contributed by atoms with van der Waals surface area (Å²) < 4.78 is 3.21. The number of hydrogen-bond acceptors (Lipinski definition) is 4. The molecule has 0 unspecified atom stereocenters. The number of para-hydroxylation sites is 1. The highest BCUT2D eigenvalue weighted by atomic mass is 16.2. The number of carbonyl (C=O) groups excluding carboxylic acids is 1. The van der Waals surface area contributed by atoms with Gasteiger partial charge in [-0.2, -0.15) is 9.50 Å². The Morgan fingerprint density at radius 1 is 1.09 bits per heavy atom. The first-order valence-corrected chi connectivity index (χ1v) is 11.0. The third kappa shape index (κ3) is 3.49. The van der Waals surface area contributed by atoms with Gasteiger partial charge in [-0.25, -0.2) is 0 Å². The fourth-order valence-corrected chi connectivity index (χ4v) is 4.39. The first-order chi connectivity index (χ1) is 15.5. The van der Waals surface area contributed by atoms with E-state index in [0.29, 0.717) is 18.0 Å². The van der Waals surface area contributed by atoms with Crippen LogP contribution in [-0.2, 0) is 30.6 Å². The van der Waals surface area contributed by atoms with E-state index in [4.69, 9.17) is 0 Å². The van der Waals surface area contributed by atoms with E-state index in [0.717, 1.165) is 52.9 Å². The Morgan fingerprint density at radius 3 is 2.66 bits per heavy atom. The van der Waals surface area contributed by atoms with Gasteiger partial charge in [0.05, 0.1) is 0 Å². The molecule has 0 saturated heterocycles. The Hall–Kier alpha value is -3.74. The van der Waals surface area contributed by atoms with Crippen molar-refractivity contribution in [2.24, 2.45) is 0 Å². The van der Waals surface area contributed by atoms with Crippen molar-refractivity contribution < 1.29 is 4.79 Å². The molecule has 0 spiro atoms. The topological polar surface area (TPSA) is 81.3 Å². The molecule has 0 atom stereocenters. The molecule has 1 aliphatic carbocycles. The summed E-state index contributed by atoms with van der Waals surface area (Å²) in [4.78, 5) is 30.8. The summed E-state index contributed by atoms with van der Waals surface area (Å²) in [6, 6.07) is 15.7. The van der Waals surface area contributed by atoms with Crippen LogP contribution in [0.3, 0.4) is 0 Å². The number of rotatable bonds is 5. The highest BCUT2D eigenvalue weighted by Gasteiger charge is 2.25. The first-order valence-electron chi connectivity index (χ1n) is 11.0. The zero-order valence-corrected chi connectivity index (χ0v) is 18.3. The van der Waals surface area contributed by atoms with Gasteiger partial charge in [-0.3, -0.25) is 9.59 Å². The number of nitrogens with zero attached hydrogens (tertiary/aromatic N) is 4. The molecular formula is C25H25N5O2. The SMILES string of the molecule is CCc1ccccc1NC(=O)Cn1c2c(c(=O)n3nc(-c4ccc(C)cc4)nc13)CCC2. The summed E-state index contributed by atoms with van der Waals surface area (Å²) in [7, 11) is 0. The van der Waals surface area contributed by atoms with Crippen molar-refractivity contribution in [1.82, 2.24) is 19.2 Å². The van der Waals surface area contributed by atoms with Gasteiger partial charge in [0.25, 0.3) is 5.56 Å². The third-order valence-electron chi connectivity index (χ3n) is 6.08. The molecule has 4 aromatic rings. The number of amides is 1. The lowest BCUT2D eigenvalue weighted by Gasteiger charge is -2.15. The van der Waals surface area contributed by atoms with E-state index >= 15 is 0 Å². The van der Waals surface area contributed by atoms with Gasteiger partial charge in [-0.05, 0) is 44.2 Å². The Kier molecular flexibility index (Phi) is 5.09. The predicted octanol–water partition coefficient (Wildman–Crippen LogP) is 3.56. The number of fused-ring (bicyclic) bond motifs is 2. The fourth-order valence-electron chi connectivity index (χ4n) is 4.39. The molecule has 0 aliphatic heterocycles. The second kappa shape index (κ2) is 8.07. The van der Waals surface area contributed by atoms with Crippen molar-refractivity contribution in [3.05, 3.63) is 81.3 Å². The monoisotopic (exact) mass is 427 g/mol. The molecule has 2 aromatic carbocycles. The van der Waals surface area contributed by atoms with Crippen molar-refractivity contribution in [3.63, 3.8) is 0 Å². The van der Waals surface area contributed by atoms with Crippen LogP contribution in [0.4, 0.5) is 5.69 Å². The summed E-state index contributed by atoms with van der Waals surface area (Å²) in [6.07, 6.45) is 3.18. The second-order valence-electron chi connectivity index (χ2n) is 8.24. The molecule has 0 fully saturated rings. The summed E-state index contributed by atoms with van der Waals surface area (Å²) in [6.45, 7) is 4.16. The van der Waals surface area contributed by atoms with E-state index in [1.54, 1.807) is 0 Å². The standard InChI is InChI=1S/C25H25N5O2/c1-3-17-7-4-5-9-20(17)26-22(31)15-29-21-10-6-8-19(21)24(32)30-25(29)27-23(28-30)18-13-11-16(2)12-14-18/h4-5,7,9,11-14H,3,6,8,10,15H2,1-2H3,(H,26,31). The van der Waals surface area contributed by atoms with Gasteiger partial charge in [0.15, 0.2) is 5.82 Å². The Bertz CT molecular complexity index is 1380. The Labute approximate surface area is 185 Å². The van der Waals surface area contributed by atoms with Gasteiger partial charge >= 0.3 is 0 Å². The molecule has 2 aromatic heterocycles. The van der Waals surface area contributed by atoms with Gasteiger partial charge in [-0.1, -0.05) is 55.0 Å². The van der Waals surface area contributed by atoms with Gasteiger partial charge in [-0.15, -0.1) is 5.10 Å². The molecule has 32 heavy (non-hydrogen) atoms. The van der Waals surface area contributed by atoms with Gasteiger partial charge in [0, 0.05) is 22.5 Å². The molecule has 5 rings (SSSR count). The van der Waals surface area contributed by atoms with Crippen LogP contribution in [0.25, 0.3) is 17.2 Å². The number of nitrogens with one attached hydrogen (secondary N) is 1. The van der Waals surface area contributed by atoms with Gasteiger partial charge in [0.1, 0.15) is 6.54 Å². The molecule has 7 nitrogen and oxygen atoms in total. The fraction of sp³-hybridized carbons (Fsp3) is 0.280. The van der Waals surface area contributed by atoms with E-state index in [1.165, 1.54) is 4.52 Å². The van der Waals surface area contributed by atoms with Crippen LogP contribution >= 0.6 is 0 Å². The van der Waals surface area contributed by atoms with E-state index in [1.807, 2.05) is 60.0 Å². The van der Waals surface area contributed by atoms with Crippen LogP contribution in [0.15, 0.2) is 53.3 Å². The molecular weight excluding hydrogens is 402 g/mol. The number of hydrogen-bond donors (Lipinski definition) is 1. The number of carbonyl (C=O) groups is 1. The molecule has 1 aliphatic rings. The van der Waals surface area contributed by atoms with E-state index < -0.39 is 0 Å². The summed E-state index contributed by atoms with van der Waals surface area (Å²) in [5, 5.41) is 7.54. The summed E-state index contributed by atoms with van der Waals surface area (Å²) >= 11 is 0. The number of aromatic nitrogens is 4. The maximum atomic E-state index is 13.1. The molecule has 2 heterocycles. The second-order valence-corrected chi connectivity index (χ2v) is 8.24. The third-order valence-corrected chi connectivity index (χ3v) is 6.08. The van der Waals surface area contributed by atoms with Gasteiger partial charge < -0.3 is 9.88 Å². The minimum atomic E-state index is -0.148. The van der Waals surface area contributed by atoms with Crippen molar-refractivity contribution in [2.45, 2.75) is 46.1 Å². The minimum Gasteiger partial charge on any atom is -0.324 e. The molecule has 1 N–H and O–H groups in total. The molecule has 1 amide bonds. The van der Waals surface area contributed by atoms with Crippen LogP contribution < -0.4 is 10.9 Å². The molecule has 7 heteroatoms. The number of benzene rings is 2. The van der Waals surface area contributed by atoms with Crippen LogP contribution in [0.5, 0.6) is 0 Å². The van der Waals surface area contributed by atoms with Crippen LogP contribution in [-0.4, -0.2) is 25.1 Å². The lowest BCUT2D eigenvalue weighted by atomic mass is 10.1. The minimum absolute atomic E-state index is 0.0796. The Morgan fingerprint density at radius 2 is 1.88 bits per heavy atom. The quantitative estimate of drug-likeness (QED) is 0.528. The van der Waals surface area contributed by atoms with Crippen LogP contribution in [0, 0.1) is 6.92 Å². The predicted molar refractivity (Wildman–Crippen MR) is 124 cm³/mol. The van der Waals surface area contributed by atoms with Gasteiger partial charge in [0.2, 0.25) is 11.7 Å². The maximum Gasteiger partial charge on any atom is 0.279 e. The summed E-state index contributed by atoms with van der Waals surface area (Å²) in [5.41, 5.74) is 5.37. The van der Waals surface area contributed by atoms with Crippen molar-refractivity contribution in [2.75, 3.05) is 5.32 Å². The molecule has 0 bridgehead atoms. The average Bonchev–Trinajstić information content (AvgIpc) is 3.46. The van der Waals surface area contributed by atoms with Crippen molar-refractivity contribution in [3.8, 4) is 11.4 Å². The average molecular weight is 428 g/mol. The van der Waals surface area contributed by atoms with Crippen LogP contribution in [0.2, 0.25) is 0 Å². The lowest BCUT2D eigenvalue weighted by molar-refractivity contribution is -0.116. The molecule has 0 saturated carbocycles. The smallest absolute Gasteiger partial charge is 0.279 e. The summed E-state index contributed by atoms with van der Waals surface area (Å²) in [5.74, 6) is 0.742. The highest BCUT2D eigenvalue weighted by Crippen LogP contribution is 2.23. The largest absolute Gasteiger partial charge is 0.324 e. The zero-order valence-electron chi connectivity index (χ0n) is 18.3. The maximum absolute atomic E-state index is 13.1. The number of aryl methyl sites for hydroxylation is 2. The van der Waals surface area contributed by atoms with E-state index in [-0.39, 0.29) is 18.0 Å². The van der Waals surface area contributed by atoms with Crippen molar-refractivity contribution in [1.29, 1.82) is 0 Å². The molecule has 162 valence electrons. The van der Waals surface area contributed by atoms with Crippen LogP contribution in [0.1, 0.15) is 35.7 Å². The number of anilines is 1. The Balaban J connectivity index is 1.57.